The van der Waals surface area contributed by atoms with Crippen molar-refractivity contribution in [3.8, 4) is 5.69 Å². The lowest BCUT2D eigenvalue weighted by Gasteiger charge is -2.04. The zero-order chi connectivity index (χ0) is 17.3. The van der Waals surface area contributed by atoms with Crippen molar-refractivity contribution in [2.45, 2.75) is 13.8 Å². The number of anilines is 1. The van der Waals surface area contributed by atoms with E-state index in [-0.39, 0.29) is 11.5 Å². The monoisotopic (exact) mass is 328 g/mol. The number of hydrogen-bond acceptors (Lipinski definition) is 3. The van der Waals surface area contributed by atoms with E-state index in [4.69, 9.17) is 0 Å². The number of benzene rings is 2. The smallest absolute Gasteiger partial charge is 0.295 e. The normalized spacial score (nSPS) is 10.7. The van der Waals surface area contributed by atoms with Gasteiger partial charge in [0.15, 0.2) is 0 Å². The molecule has 0 bridgehead atoms. The van der Waals surface area contributed by atoms with Crippen LogP contribution in [0.15, 0.2) is 42.5 Å². The minimum absolute atomic E-state index is 0.100. The molecular formula is C17H14F2N4O. The van der Waals surface area contributed by atoms with Gasteiger partial charge in [0.25, 0.3) is 5.91 Å². The van der Waals surface area contributed by atoms with Crippen LogP contribution in [-0.4, -0.2) is 20.7 Å². The average Bonchev–Trinajstić information content (AvgIpc) is 2.93. The number of rotatable bonds is 3. The molecule has 0 aliphatic rings. The molecule has 1 aromatic heterocycles. The zero-order valence-electron chi connectivity index (χ0n) is 13.0. The van der Waals surface area contributed by atoms with E-state index in [0.717, 1.165) is 23.4 Å². The highest BCUT2D eigenvalue weighted by molar-refractivity contribution is 6.01. The molecule has 1 N–H and O–H groups in total. The molecule has 3 rings (SSSR count). The number of halogens is 2. The molecule has 7 heteroatoms. The highest BCUT2D eigenvalue weighted by atomic mass is 19.1. The standard InChI is InChI=1S/C17H14F2N4O/c1-10-3-6-13(7-4-10)23-11(2)20-16(22-23)17(24)21-15-8-5-12(18)9-14(15)19/h3-9H,1-2H3,(H,21,24). The van der Waals surface area contributed by atoms with Crippen molar-refractivity contribution in [2.24, 2.45) is 0 Å². The van der Waals surface area contributed by atoms with E-state index in [1.807, 2.05) is 31.2 Å². The third kappa shape index (κ3) is 3.15. The Bertz CT molecular complexity index is 903. The van der Waals surface area contributed by atoms with Crippen molar-refractivity contribution >= 4 is 11.6 Å². The number of amides is 1. The molecule has 122 valence electrons. The number of hydrogen-bond donors (Lipinski definition) is 1. The number of nitrogens with zero attached hydrogens (tertiary/aromatic N) is 3. The molecule has 1 amide bonds. The summed E-state index contributed by atoms with van der Waals surface area (Å²) < 4.78 is 28.0. The van der Waals surface area contributed by atoms with E-state index < -0.39 is 17.5 Å². The molecule has 1 heterocycles. The molecule has 3 aromatic rings. The van der Waals surface area contributed by atoms with Crippen LogP contribution in [0.3, 0.4) is 0 Å². The van der Waals surface area contributed by atoms with Crippen LogP contribution in [0.2, 0.25) is 0 Å². The predicted molar refractivity (Wildman–Crippen MR) is 85.1 cm³/mol. The molecule has 5 nitrogen and oxygen atoms in total. The molecule has 0 fully saturated rings. The highest BCUT2D eigenvalue weighted by Crippen LogP contribution is 2.16. The Morgan fingerprint density at radius 2 is 1.79 bits per heavy atom. The van der Waals surface area contributed by atoms with Crippen molar-refractivity contribution < 1.29 is 13.6 Å². The molecule has 0 aliphatic carbocycles. The Morgan fingerprint density at radius 3 is 2.46 bits per heavy atom. The molecule has 0 saturated carbocycles. The van der Waals surface area contributed by atoms with Gasteiger partial charge in [-0.2, -0.15) is 0 Å². The van der Waals surface area contributed by atoms with Gasteiger partial charge in [-0.05, 0) is 38.1 Å². The Labute approximate surface area is 137 Å². The molecule has 0 radical (unpaired) electrons. The van der Waals surface area contributed by atoms with Gasteiger partial charge in [-0.15, -0.1) is 5.10 Å². The fraction of sp³-hybridized carbons (Fsp3) is 0.118. The molecule has 0 saturated heterocycles. The fourth-order valence-corrected chi connectivity index (χ4v) is 2.19. The van der Waals surface area contributed by atoms with Crippen molar-refractivity contribution in [3.05, 3.63) is 71.3 Å². The summed E-state index contributed by atoms with van der Waals surface area (Å²) >= 11 is 0. The third-order valence-corrected chi connectivity index (χ3v) is 3.43. The summed E-state index contributed by atoms with van der Waals surface area (Å²) in [5.41, 5.74) is 1.73. The number of carbonyl (C=O) groups is 1. The second kappa shape index (κ2) is 6.19. The van der Waals surface area contributed by atoms with Crippen LogP contribution in [-0.2, 0) is 0 Å². The van der Waals surface area contributed by atoms with Gasteiger partial charge in [-0.3, -0.25) is 4.79 Å². The van der Waals surface area contributed by atoms with Crippen molar-refractivity contribution in [1.29, 1.82) is 0 Å². The first-order valence-electron chi connectivity index (χ1n) is 7.21. The van der Waals surface area contributed by atoms with Gasteiger partial charge in [-0.25, -0.2) is 18.4 Å². The lowest BCUT2D eigenvalue weighted by atomic mass is 10.2. The van der Waals surface area contributed by atoms with Gasteiger partial charge in [0.2, 0.25) is 5.82 Å². The summed E-state index contributed by atoms with van der Waals surface area (Å²) in [6, 6.07) is 10.5. The molecule has 2 aromatic carbocycles. The quantitative estimate of drug-likeness (QED) is 0.801. The van der Waals surface area contributed by atoms with Gasteiger partial charge in [0.1, 0.15) is 17.5 Å². The van der Waals surface area contributed by atoms with Crippen LogP contribution in [0.5, 0.6) is 0 Å². The van der Waals surface area contributed by atoms with E-state index in [2.05, 4.69) is 15.4 Å². The van der Waals surface area contributed by atoms with Gasteiger partial charge in [-0.1, -0.05) is 17.7 Å². The van der Waals surface area contributed by atoms with Crippen molar-refractivity contribution in [3.63, 3.8) is 0 Å². The lowest BCUT2D eigenvalue weighted by Crippen LogP contribution is -2.15. The fourth-order valence-electron chi connectivity index (χ4n) is 2.19. The molecular weight excluding hydrogens is 314 g/mol. The summed E-state index contributed by atoms with van der Waals surface area (Å²) in [6.45, 7) is 3.68. The minimum atomic E-state index is -0.863. The topological polar surface area (TPSA) is 59.8 Å². The first-order valence-corrected chi connectivity index (χ1v) is 7.21. The Kier molecular flexibility index (Phi) is 4.07. The van der Waals surface area contributed by atoms with Crippen LogP contribution in [0, 0.1) is 25.5 Å². The van der Waals surface area contributed by atoms with E-state index in [0.29, 0.717) is 11.9 Å². The van der Waals surface area contributed by atoms with Crippen LogP contribution in [0.4, 0.5) is 14.5 Å². The van der Waals surface area contributed by atoms with Crippen LogP contribution in [0.25, 0.3) is 5.69 Å². The first kappa shape index (κ1) is 15.8. The Hall–Kier alpha value is -3.09. The van der Waals surface area contributed by atoms with E-state index >= 15 is 0 Å². The summed E-state index contributed by atoms with van der Waals surface area (Å²) in [5.74, 6) is -1.84. The van der Waals surface area contributed by atoms with Crippen LogP contribution >= 0.6 is 0 Å². The number of nitrogens with one attached hydrogen (secondary N) is 1. The minimum Gasteiger partial charge on any atom is -0.317 e. The molecule has 0 spiro atoms. The van der Waals surface area contributed by atoms with Crippen molar-refractivity contribution in [1.82, 2.24) is 14.8 Å². The molecule has 24 heavy (non-hydrogen) atoms. The summed E-state index contributed by atoms with van der Waals surface area (Å²) in [4.78, 5) is 16.3. The number of aryl methyl sites for hydroxylation is 2. The molecule has 0 atom stereocenters. The largest absolute Gasteiger partial charge is 0.317 e. The summed E-state index contributed by atoms with van der Waals surface area (Å²) in [5, 5.41) is 6.49. The van der Waals surface area contributed by atoms with Gasteiger partial charge in [0.05, 0.1) is 11.4 Å². The molecule has 0 unspecified atom stereocenters. The highest BCUT2D eigenvalue weighted by Gasteiger charge is 2.17. The van der Waals surface area contributed by atoms with Crippen LogP contribution < -0.4 is 5.32 Å². The van der Waals surface area contributed by atoms with E-state index in [1.165, 1.54) is 4.68 Å². The van der Waals surface area contributed by atoms with Gasteiger partial charge in [0, 0.05) is 6.07 Å². The van der Waals surface area contributed by atoms with Gasteiger partial charge < -0.3 is 5.32 Å². The maximum atomic E-state index is 13.6. The first-order chi connectivity index (χ1) is 11.4. The van der Waals surface area contributed by atoms with Crippen molar-refractivity contribution in [2.75, 3.05) is 5.32 Å². The second-order valence-electron chi connectivity index (χ2n) is 5.31. The maximum absolute atomic E-state index is 13.6. The SMILES string of the molecule is Cc1ccc(-n2nc(C(=O)Nc3ccc(F)cc3F)nc2C)cc1. The summed E-state index contributed by atoms with van der Waals surface area (Å²) in [6.07, 6.45) is 0. The Morgan fingerprint density at radius 1 is 1.08 bits per heavy atom. The number of carbonyl (C=O) groups excluding carboxylic acids is 1. The van der Waals surface area contributed by atoms with E-state index in [9.17, 15) is 13.6 Å². The third-order valence-electron chi connectivity index (χ3n) is 3.43. The average molecular weight is 328 g/mol. The number of aromatic nitrogens is 3. The lowest BCUT2D eigenvalue weighted by molar-refractivity contribution is 0.101. The second-order valence-corrected chi connectivity index (χ2v) is 5.31. The predicted octanol–water partition coefficient (Wildman–Crippen LogP) is 3.41. The van der Waals surface area contributed by atoms with E-state index in [1.54, 1.807) is 6.92 Å². The van der Waals surface area contributed by atoms with Gasteiger partial charge >= 0.3 is 0 Å². The maximum Gasteiger partial charge on any atom is 0.295 e. The molecule has 0 aliphatic heterocycles. The van der Waals surface area contributed by atoms with Crippen LogP contribution in [0.1, 0.15) is 22.0 Å². The summed E-state index contributed by atoms with van der Waals surface area (Å²) in [7, 11) is 0. The Balaban J connectivity index is 1.86. The zero-order valence-corrected chi connectivity index (χ0v) is 13.0.